The molecule has 0 aliphatic carbocycles. The maximum Gasteiger partial charge on any atom is 0.0541 e. The summed E-state index contributed by atoms with van der Waals surface area (Å²) in [7, 11) is 0. The molecule has 2 heterocycles. The number of benzene rings is 12. The van der Waals surface area contributed by atoms with Gasteiger partial charge in [-0.1, -0.05) is 224 Å². The van der Waals surface area contributed by atoms with Gasteiger partial charge in [0, 0.05) is 32.8 Å². The van der Waals surface area contributed by atoms with Gasteiger partial charge in [0.1, 0.15) is 0 Å². The van der Waals surface area contributed by atoms with Crippen molar-refractivity contribution in [2.75, 3.05) is 0 Å². The first kappa shape index (κ1) is 43.1. The Balaban J connectivity index is 0.800. The number of nitrogens with zero attached hydrogens (tertiary/aromatic N) is 2. The van der Waals surface area contributed by atoms with E-state index in [0.717, 1.165) is 5.69 Å². The lowest BCUT2D eigenvalue weighted by atomic mass is 9.92. The zero-order valence-corrected chi connectivity index (χ0v) is 40.6. The Morgan fingerprint density at radius 2 is 0.541 bits per heavy atom. The normalized spacial score (nSPS) is 11.5. The van der Waals surface area contributed by atoms with Gasteiger partial charge in [0.05, 0.1) is 27.8 Å². The molecule has 0 unspecified atom stereocenters. The predicted octanol–water partition coefficient (Wildman–Crippen LogP) is 19.5. The molecule has 0 aliphatic rings. The van der Waals surface area contributed by atoms with Gasteiger partial charge in [-0.15, -0.1) is 0 Å². The number of para-hydroxylation sites is 3. The minimum absolute atomic E-state index is 1.13. The zero-order chi connectivity index (χ0) is 49.0. The third kappa shape index (κ3) is 7.52. The topological polar surface area (TPSA) is 9.86 Å². The summed E-state index contributed by atoms with van der Waals surface area (Å²) < 4.78 is 4.87. The minimum Gasteiger partial charge on any atom is -0.309 e. The summed E-state index contributed by atoms with van der Waals surface area (Å²) in [6.07, 6.45) is 0. The number of fused-ring (bicyclic) bond motifs is 6. The molecule has 0 amide bonds. The van der Waals surface area contributed by atoms with E-state index in [2.05, 4.69) is 300 Å². The Morgan fingerprint density at radius 3 is 1.16 bits per heavy atom. The molecular weight excluding hydrogens is 893 g/mol. The highest BCUT2D eigenvalue weighted by molar-refractivity contribution is 6.13. The molecule has 0 radical (unpaired) electrons. The summed E-state index contributed by atoms with van der Waals surface area (Å²) in [4.78, 5) is 0. The van der Waals surface area contributed by atoms with Crippen LogP contribution in [0.3, 0.4) is 0 Å². The molecule has 0 spiro atoms. The zero-order valence-electron chi connectivity index (χ0n) is 40.6. The average molecular weight is 941 g/mol. The van der Waals surface area contributed by atoms with Gasteiger partial charge < -0.3 is 9.13 Å². The lowest BCUT2D eigenvalue weighted by Gasteiger charge is -2.14. The smallest absolute Gasteiger partial charge is 0.0541 e. The highest BCUT2D eigenvalue weighted by atomic mass is 15.0. The fourth-order valence-corrected chi connectivity index (χ4v) is 11.4. The lowest BCUT2D eigenvalue weighted by molar-refractivity contribution is 1.18. The second-order valence-corrected chi connectivity index (χ2v) is 19.3. The van der Waals surface area contributed by atoms with Gasteiger partial charge >= 0.3 is 0 Å². The highest BCUT2D eigenvalue weighted by Gasteiger charge is 2.19. The summed E-state index contributed by atoms with van der Waals surface area (Å²) in [5.41, 5.74) is 23.9. The number of rotatable bonds is 9. The van der Waals surface area contributed by atoms with Crippen LogP contribution in [0.5, 0.6) is 0 Å². The Hall–Kier alpha value is -9.76. The van der Waals surface area contributed by atoms with Gasteiger partial charge in [-0.05, 0) is 139 Å². The van der Waals surface area contributed by atoms with Crippen LogP contribution in [0.1, 0.15) is 0 Å². The maximum absolute atomic E-state index is 2.43. The molecule has 0 saturated heterocycles. The van der Waals surface area contributed by atoms with Crippen molar-refractivity contribution in [3.8, 4) is 89.3 Å². The molecule has 12 aromatic carbocycles. The van der Waals surface area contributed by atoms with Crippen molar-refractivity contribution in [2.45, 2.75) is 0 Å². The first-order valence-electron chi connectivity index (χ1n) is 25.5. The van der Waals surface area contributed by atoms with Crippen molar-refractivity contribution in [1.82, 2.24) is 9.13 Å². The average Bonchev–Trinajstić information content (AvgIpc) is 4.03. The molecule has 2 nitrogen and oxygen atoms in total. The van der Waals surface area contributed by atoms with Crippen LogP contribution < -0.4 is 0 Å². The summed E-state index contributed by atoms with van der Waals surface area (Å²) >= 11 is 0. The quantitative estimate of drug-likeness (QED) is 0.136. The van der Waals surface area contributed by atoms with Crippen molar-refractivity contribution < 1.29 is 0 Å². The number of aromatic nitrogens is 2. The third-order valence-corrected chi connectivity index (χ3v) is 14.9. The van der Waals surface area contributed by atoms with E-state index in [-0.39, 0.29) is 0 Å². The molecule has 2 heteroatoms. The maximum atomic E-state index is 2.43. The van der Waals surface area contributed by atoms with Gasteiger partial charge in [-0.25, -0.2) is 0 Å². The second-order valence-electron chi connectivity index (χ2n) is 19.3. The molecular formula is C72H48N2. The molecule has 0 atom stereocenters. The molecule has 2 aromatic heterocycles. The van der Waals surface area contributed by atoms with Crippen molar-refractivity contribution in [3.63, 3.8) is 0 Å². The first-order valence-corrected chi connectivity index (χ1v) is 25.5. The standard InChI is InChI=1S/C72H48N2/c1-3-18-49(19-4-1)53-22-15-24-55(44-53)56-25-16-23-54(45-56)50-36-38-52(39-37-50)61-28-7-8-29-62(61)59-26-17-27-60(46-59)73-69-34-13-10-31-64(69)66-47-57(40-42-71(66)73)58-41-43-72-67(48-58)65-32-11-14-35-70(65)74(72)68-33-12-9-30-63(68)51-20-5-2-6-21-51/h1-48H. The van der Waals surface area contributed by atoms with E-state index in [1.54, 1.807) is 0 Å². The second kappa shape index (κ2) is 18.1. The molecule has 0 N–H and O–H groups in total. The Labute approximate surface area is 431 Å². The van der Waals surface area contributed by atoms with Crippen LogP contribution in [-0.4, -0.2) is 9.13 Å². The van der Waals surface area contributed by atoms with E-state index in [0.29, 0.717) is 0 Å². The predicted molar refractivity (Wildman–Crippen MR) is 313 cm³/mol. The number of hydrogen-bond acceptors (Lipinski definition) is 0. The highest BCUT2D eigenvalue weighted by Crippen LogP contribution is 2.41. The van der Waals surface area contributed by atoms with Gasteiger partial charge in [-0.3, -0.25) is 0 Å². The summed E-state index contributed by atoms with van der Waals surface area (Å²) in [6.45, 7) is 0. The van der Waals surface area contributed by atoms with Crippen LogP contribution in [0.4, 0.5) is 0 Å². The van der Waals surface area contributed by atoms with E-state index < -0.39 is 0 Å². The molecule has 74 heavy (non-hydrogen) atoms. The fraction of sp³-hybridized carbons (Fsp3) is 0. The molecule has 0 aliphatic heterocycles. The molecule has 346 valence electrons. The van der Waals surface area contributed by atoms with Crippen LogP contribution in [-0.2, 0) is 0 Å². The van der Waals surface area contributed by atoms with Crippen LogP contribution >= 0.6 is 0 Å². The van der Waals surface area contributed by atoms with E-state index in [9.17, 15) is 0 Å². The van der Waals surface area contributed by atoms with Crippen LogP contribution in [0, 0.1) is 0 Å². The van der Waals surface area contributed by atoms with Gasteiger partial charge in [0.2, 0.25) is 0 Å². The molecule has 14 rings (SSSR count). The molecule has 0 saturated carbocycles. The monoisotopic (exact) mass is 940 g/mol. The summed E-state index contributed by atoms with van der Waals surface area (Å²) in [6, 6.07) is 106. The SMILES string of the molecule is c1ccc(-c2cccc(-c3cccc(-c4ccc(-c5ccccc5-c5cccc(-n6c7ccccc7c7cc(-c8ccc9c(c8)c8ccccc8n9-c8ccccc8-c8ccccc8)ccc76)c5)cc4)c3)c2)cc1. The summed E-state index contributed by atoms with van der Waals surface area (Å²) in [5.74, 6) is 0. The van der Waals surface area contributed by atoms with Gasteiger partial charge in [0.15, 0.2) is 0 Å². The summed E-state index contributed by atoms with van der Waals surface area (Å²) in [5, 5.41) is 4.95. The molecule has 0 fully saturated rings. The first-order chi connectivity index (χ1) is 36.7. The van der Waals surface area contributed by atoms with Crippen molar-refractivity contribution in [1.29, 1.82) is 0 Å². The van der Waals surface area contributed by atoms with Crippen molar-refractivity contribution in [2.24, 2.45) is 0 Å². The van der Waals surface area contributed by atoms with Gasteiger partial charge in [0.25, 0.3) is 0 Å². The van der Waals surface area contributed by atoms with Crippen molar-refractivity contribution in [3.05, 3.63) is 291 Å². The van der Waals surface area contributed by atoms with E-state index in [1.165, 1.54) is 127 Å². The van der Waals surface area contributed by atoms with Crippen molar-refractivity contribution >= 4 is 43.6 Å². The Kier molecular flexibility index (Phi) is 10.6. The third-order valence-electron chi connectivity index (χ3n) is 14.9. The van der Waals surface area contributed by atoms with Crippen LogP contribution in [0.25, 0.3) is 133 Å². The number of hydrogen-bond donors (Lipinski definition) is 0. The lowest BCUT2D eigenvalue weighted by Crippen LogP contribution is -1.97. The molecule has 14 aromatic rings. The minimum atomic E-state index is 1.13. The fourth-order valence-electron chi connectivity index (χ4n) is 11.4. The van der Waals surface area contributed by atoms with Crippen LogP contribution in [0.2, 0.25) is 0 Å². The Bertz CT molecular complexity index is 4400. The van der Waals surface area contributed by atoms with E-state index >= 15 is 0 Å². The van der Waals surface area contributed by atoms with E-state index in [4.69, 9.17) is 0 Å². The molecule has 0 bridgehead atoms. The van der Waals surface area contributed by atoms with Crippen LogP contribution in [0.15, 0.2) is 291 Å². The Morgan fingerprint density at radius 1 is 0.176 bits per heavy atom. The van der Waals surface area contributed by atoms with Gasteiger partial charge in [-0.2, -0.15) is 0 Å². The largest absolute Gasteiger partial charge is 0.309 e. The van der Waals surface area contributed by atoms with E-state index in [1.807, 2.05) is 0 Å².